The number of carbonyl (C=O) groups excluding carboxylic acids is 2. The van der Waals surface area contributed by atoms with E-state index in [0.29, 0.717) is 24.3 Å². The quantitative estimate of drug-likeness (QED) is 0.769. The Hall–Kier alpha value is -1.68. The Balaban J connectivity index is 2.44. The number of carbonyl (C=O) groups is 2. The van der Waals surface area contributed by atoms with Gasteiger partial charge in [0, 0.05) is 24.3 Å². The fraction of sp³-hybridized carbons (Fsp3) is 0.467. The fourth-order valence-electron chi connectivity index (χ4n) is 1.76. The lowest BCUT2D eigenvalue weighted by atomic mass is 10.1. The van der Waals surface area contributed by atoms with E-state index in [2.05, 4.69) is 5.32 Å². The summed E-state index contributed by atoms with van der Waals surface area (Å²) >= 11 is 0. The Morgan fingerprint density at radius 3 is 2.47 bits per heavy atom. The van der Waals surface area contributed by atoms with Gasteiger partial charge >= 0.3 is 0 Å². The molecular formula is C15H21NO3. The first-order chi connectivity index (χ1) is 8.98. The first kappa shape index (κ1) is 15.4. The predicted octanol–water partition coefficient (Wildman–Crippen LogP) is 2.43. The minimum absolute atomic E-state index is 0.134. The highest BCUT2D eigenvalue weighted by Gasteiger charge is 2.17. The minimum Gasteiger partial charge on any atom is -0.376 e. The summed E-state index contributed by atoms with van der Waals surface area (Å²) in [6.07, 6.45) is 1.51. The first-order valence-electron chi connectivity index (χ1n) is 6.46. The molecule has 19 heavy (non-hydrogen) atoms. The van der Waals surface area contributed by atoms with Gasteiger partial charge in [0.25, 0.3) is 5.91 Å². The molecule has 0 aliphatic carbocycles. The van der Waals surface area contributed by atoms with Gasteiger partial charge in [-0.05, 0) is 39.3 Å². The third-order valence-electron chi connectivity index (χ3n) is 2.86. The summed E-state index contributed by atoms with van der Waals surface area (Å²) in [6.45, 7) is 7.17. The van der Waals surface area contributed by atoms with Crippen LogP contribution in [0.15, 0.2) is 24.3 Å². The molecule has 1 rings (SSSR count). The topological polar surface area (TPSA) is 55.4 Å². The molecule has 0 saturated carbocycles. The molecule has 0 fully saturated rings. The lowest BCUT2D eigenvalue weighted by Crippen LogP contribution is -2.32. The summed E-state index contributed by atoms with van der Waals surface area (Å²) in [5, 5.41) is 2.84. The van der Waals surface area contributed by atoms with Crippen LogP contribution < -0.4 is 5.32 Å². The van der Waals surface area contributed by atoms with Crippen molar-refractivity contribution in [3.8, 4) is 0 Å². The second-order valence-electron chi connectivity index (χ2n) is 4.94. The molecule has 1 aromatic rings. The Labute approximate surface area is 114 Å². The number of hydrogen-bond donors (Lipinski definition) is 1. The van der Waals surface area contributed by atoms with Gasteiger partial charge in [-0.3, -0.25) is 9.59 Å². The zero-order valence-electron chi connectivity index (χ0n) is 11.7. The second-order valence-corrected chi connectivity index (χ2v) is 4.94. The van der Waals surface area contributed by atoms with Gasteiger partial charge in [0.15, 0.2) is 0 Å². The van der Waals surface area contributed by atoms with Crippen LogP contribution in [-0.4, -0.2) is 30.9 Å². The molecule has 0 atom stereocenters. The Kier molecular flexibility index (Phi) is 5.70. The third-order valence-corrected chi connectivity index (χ3v) is 2.86. The largest absolute Gasteiger partial charge is 0.376 e. The van der Waals surface area contributed by atoms with Crippen molar-refractivity contribution in [3.05, 3.63) is 35.4 Å². The standard InChI is InChI=1S/C15H21NO3/c1-4-19-15(2,3)9-10-16-14(18)13-7-5-12(11-17)6-8-13/h5-8,11H,4,9-10H2,1-3H3,(H,16,18). The third kappa shape index (κ3) is 5.22. The zero-order chi connectivity index (χ0) is 14.3. The summed E-state index contributed by atoms with van der Waals surface area (Å²) in [4.78, 5) is 22.4. The molecule has 0 unspecified atom stereocenters. The molecule has 4 nitrogen and oxygen atoms in total. The highest BCUT2D eigenvalue weighted by molar-refractivity contribution is 5.94. The maximum absolute atomic E-state index is 11.8. The molecule has 4 heteroatoms. The molecule has 0 saturated heterocycles. The van der Waals surface area contributed by atoms with Gasteiger partial charge in [-0.15, -0.1) is 0 Å². The number of benzene rings is 1. The van der Waals surface area contributed by atoms with E-state index in [4.69, 9.17) is 4.74 Å². The molecule has 0 radical (unpaired) electrons. The van der Waals surface area contributed by atoms with E-state index in [1.165, 1.54) is 0 Å². The minimum atomic E-state index is -0.233. The fourth-order valence-corrected chi connectivity index (χ4v) is 1.76. The number of nitrogens with one attached hydrogen (secondary N) is 1. The lowest BCUT2D eigenvalue weighted by Gasteiger charge is -2.24. The molecular weight excluding hydrogens is 242 g/mol. The lowest BCUT2D eigenvalue weighted by molar-refractivity contribution is -0.0153. The first-order valence-corrected chi connectivity index (χ1v) is 6.46. The van der Waals surface area contributed by atoms with Gasteiger partial charge in [0.05, 0.1) is 5.60 Å². The number of ether oxygens (including phenoxy) is 1. The molecule has 0 spiro atoms. The number of amides is 1. The highest BCUT2D eigenvalue weighted by Crippen LogP contribution is 2.13. The number of hydrogen-bond acceptors (Lipinski definition) is 3. The van der Waals surface area contributed by atoms with Crippen LogP contribution in [0.5, 0.6) is 0 Å². The van der Waals surface area contributed by atoms with Crippen LogP contribution in [0.3, 0.4) is 0 Å². The second kappa shape index (κ2) is 7.04. The predicted molar refractivity (Wildman–Crippen MR) is 74.5 cm³/mol. The molecule has 0 heterocycles. The van der Waals surface area contributed by atoms with E-state index in [1.54, 1.807) is 24.3 Å². The van der Waals surface area contributed by atoms with Crippen molar-refractivity contribution in [2.75, 3.05) is 13.2 Å². The average molecular weight is 263 g/mol. The maximum Gasteiger partial charge on any atom is 0.251 e. The van der Waals surface area contributed by atoms with Crippen molar-refractivity contribution in [1.82, 2.24) is 5.32 Å². The van der Waals surface area contributed by atoms with E-state index >= 15 is 0 Å². The zero-order valence-corrected chi connectivity index (χ0v) is 11.7. The van der Waals surface area contributed by atoms with Crippen molar-refractivity contribution in [2.45, 2.75) is 32.8 Å². The van der Waals surface area contributed by atoms with Gasteiger partial charge in [0.2, 0.25) is 0 Å². The molecule has 0 bridgehead atoms. The summed E-state index contributed by atoms with van der Waals surface area (Å²) in [7, 11) is 0. The SMILES string of the molecule is CCOC(C)(C)CCNC(=O)c1ccc(C=O)cc1. The van der Waals surface area contributed by atoms with E-state index < -0.39 is 0 Å². The van der Waals surface area contributed by atoms with Gasteiger partial charge in [-0.1, -0.05) is 12.1 Å². The maximum atomic E-state index is 11.8. The summed E-state index contributed by atoms with van der Waals surface area (Å²) < 4.78 is 5.56. The van der Waals surface area contributed by atoms with Gasteiger partial charge in [0.1, 0.15) is 6.29 Å². The number of rotatable bonds is 7. The summed E-state index contributed by atoms with van der Waals surface area (Å²) in [5.74, 6) is -0.134. The van der Waals surface area contributed by atoms with Gasteiger partial charge in [-0.2, -0.15) is 0 Å². The van der Waals surface area contributed by atoms with Crippen LogP contribution in [0.25, 0.3) is 0 Å². The van der Waals surface area contributed by atoms with Crippen LogP contribution >= 0.6 is 0 Å². The van der Waals surface area contributed by atoms with Gasteiger partial charge < -0.3 is 10.1 Å². The number of aldehydes is 1. The molecule has 0 aliphatic heterocycles. The molecule has 0 aliphatic rings. The Morgan fingerprint density at radius 2 is 1.95 bits per heavy atom. The Morgan fingerprint density at radius 1 is 1.32 bits per heavy atom. The normalized spacial score (nSPS) is 11.1. The van der Waals surface area contributed by atoms with Crippen molar-refractivity contribution < 1.29 is 14.3 Å². The van der Waals surface area contributed by atoms with Crippen LogP contribution in [0, 0.1) is 0 Å². The molecule has 1 amide bonds. The average Bonchev–Trinajstić information content (AvgIpc) is 2.38. The van der Waals surface area contributed by atoms with E-state index in [1.807, 2.05) is 20.8 Å². The van der Waals surface area contributed by atoms with Crippen LogP contribution in [0.4, 0.5) is 0 Å². The molecule has 1 aromatic carbocycles. The Bertz CT molecular complexity index is 424. The van der Waals surface area contributed by atoms with Gasteiger partial charge in [-0.25, -0.2) is 0 Å². The van der Waals surface area contributed by atoms with Crippen molar-refractivity contribution in [2.24, 2.45) is 0 Å². The molecule has 0 aromatic heterocycles. The van der Waals surface area contributed by atoms with Crippen molar-refractivity contribution >= 4 is 12.2 Å². The van der Waals surface area contributed by atoms with Crippen molar-refractivity contribution in [3.63, 3.8) is 0 Å². The molecule has 1 N–H and O–H groups in total. The van der Waals surface area contributed by atoms with Crippen molar-refractivity contribution in [1.29, 1.82) is 0 Å². The highest BCUT2D eigenvalue weighted by atomic mass is 16.5. The van der Waals surface area contributed by atoms with Crippen LogP contribution in [-0.2, 0) is 4.74 Å². The molecule has 104 valence electrons. The summed E-state index contributed by atoms with van der Waals surface area (Å²) in [5.41, 5.74) is 0.887. The van der Waals surface area contributed by atoms with E-state index in [9.17, 15) is 9.59 Å². The van der Waals surface area contributed by atoms with E-state index in [-0.39, 0.29) is 11.5 Å². The van der Waals surface area contributed by atoms with Crippen LogP contribution in [0.1, 0.15) is 47.9 Å². The van der Waals surface area contributed by atoms with Crippen LogP contribution in [0.2, 0.25) is 0 Å². The van der Waals surface area contributed by atoms with E-state index in [0.717, 1.165) is 12.7 Å². The summed E-state index contributed by atoms with van der Waals surface area (Å²) in [6, 6.07) is 6.55. The monoisotopic (exact) mass is 263 g/mol. The smallest absolute Gasteiger partial charge is 0.251 e.